The van der Waals surface area contributed by atoms with Crippen molar-refractivity contribution >= 4 is 29.4 Å². The van der Waals surface area contributed by atoms with Crippen molar-refractivity contribution in [3.63, 3.8) is 0 Å². The van der Waals surface area contributed by atoms with E-state index in [9.17, 15) is 9.59 Å². The molecule has 4 heterocycles. The summed E-state index contributed by atoms with van der Waals surface area (Å²) in [5, 5.41) is 3.62. The summed E-state index contributed by atoms with van der Waals surface area (Å²) in [4.78, 5) is 37.3. The summed E-state index contributed by atoms with van der Waals surface area (Å²) in [7, 11) is 0. The first-order valence-corrected chi connectivity index (χ1v) is 15.2. The topological polar surface area (TPSA) is 92.3 Å². The minimum Gasteiger partial charge on any atom is -0.367 e. The van der Waals surface area contributed by atoms with Gasteiger partial charge in [0.05, 0.1) is 6.61 Å². The Labute approximate surface area is 251 Å². The molecule has 0 radical (unpaired) electrons. The van der Waals surface area contributed by atoms with Crippen LogP contribution in [0.3, 0.4) is 0 Å². The summed E-state index contributed by atoms with van der Waals surface area (Å²) in [6, 6.07) is 14.4. The van der Waals surface area contributed by atoms with Crippen LogP contribution in [0.5, 0.6) is 0 Å². The van der Waals surface area contributed by atoms with Gasteiger partial charge in [-0.2, -0.15) is 0 Å². The fourth-order valence-corrected chi connectivity index (χ4v) is 7.26. The van der Waals surface area contributed by atoms with Gasteiger partial charge in [-0.3, -0.25) is 9.59 Å². The highest BCUT2D eigenvalue weighted by atomic mass is 35.5. The maximum atomic E-state index is 12.9. The van der Waals surface area contributed by atoms with Crippen molar-refractivity contribution in [2.75, 3.05) is 6.61 Å². The Hall–Kier alpha value is -2.59. The van der Waals surface area contributed by atoms with E-state index in [0.29, 0.717) is 16.5 Å². The highest BCUT2D eigenvalue weighted by Gasteiger charge is 2.69. The highest BCUT2D eigenvalue weighted by molar-refractivity contribution is 6.30. The Morgan fingerprint density at radius 3 is 2.55 bits per heavy atom. The minimum absolute atomic E-state index is 0.0158. The van der Waals surface area contributed by atoms with Gasteiger partial charge < -0.3 is 19.5 Å². The summed E-state index contributed by atoms with van der Waals surface area (Å²) in [6.07, 6.45) is 5.96. The largest absolute Gasteiger partial charge is 0.367 e. The molecule has 8 atom stereocenters. The fourth-order valence-electron chi connectivity index (χ4n) is 7.14. The molecule has 2 aromatic carbocycles. The predicted molar refractivity (Wildman–Crippen MR) is 156 cm³/mol. The van der Waals surface area contributed by atoms with E-state index < -0.39 is 23.9 Å². The standard InChI is InChI=1S/C33H38ClNO7/c1-20-4-14-27-21(2)30(39-31-33(27)26(20)16-17-32(3,40-31)41-42-33)35-29(37)19-38-18-23-7-5-22(6-8-23)9-15-28(36)24-10-12-25(34)13-11-24/h5-13,15,20-21,26-27,30-31H,4,14,16-19H2,1-3H3,(H,35,37)/b15-9+/t20-,21-,26+,27+,30+,31-,32-,33-/m1/s1. The molecular formula is C33H38ClNO7. The molecule has 5 aliphatic rings. The van der Waals surface area contributed by atoms with Crippen molar-refractivity contribution in [3.05, 3.63) is 76.3 Å². The van der Waals surface area contributed by atoms with Gasteiger partial charge in [0.1, 0.15) is 12.8 Å². The van der Waals surface area contributed by atoms with E-state index in [2.05, 4.69) is 19.2 Å². The Kier molecular flexibility index (Phi) is 8.30. The molecular weight excluding hydrogens is 558 g/mol. The number of hydrogen-bond acceptors (Lipinski definition) is 7. The van der Waals surface area contributed by atoms with Gasteiger partial charge in [0.15, 0.2) is 17.7 Å². The van der Waals surface area contributed by atoms with Crippen LogP contribution in [-0.4, -0.2) is 42.2 Å². The van der Waals surface area contributed by atoms with Gasteiger partial charge in [-0.1, -0.05) is 55.8 Å². The van der Waals surface area contributed by atoms with Crippen molar-refractivity contribution in [2.24, 2.45) is 23.7 Å². The number of ether oxygens (including phenoxy) is 3. The molecule has 42 heavy (non-hydrogen) atoms. The molecule has 4 aliphatic heterocycles. The van der Waals surface area contributed by atoms with E-state index in [-0.39, 0.29) is 42.7 Å². The highest BCUT2D eigenvalue weighted by Crippen LogP contribution is 2.60. The molecule has 1 N–H and O–H groups in total. The Balaban J connectivity index is 1.01. The van der Waals surface area contributed by atoms with Crippen LogP contribution in [0.15, 0.2) is 54.6 Å². The van der Waals surface area contributed by atoms with E-state index in [1.807, 2.05) is 31.2 Å². The first-order valence-electron chi connectivity index (χ1n) is 14.8. The number of allylic oxidation sites excluding steroid dienone is 1. The molecule has 4 saturated heterocycles. The zero-order valence-corrected chi connectivity index (χ0v) is 25.0. The molecule has 1 saturated carbocycles. The van der Waals surface area contributed by atoms with Crippen LogP contribution in [0.1, 0.15) is 67.9 Å². The second-order valence-corrected chi connectivity index (χ2v) is 12.8. The smallest absolute Gasteiger partial charge is 0.248 e. The maximum Gasteiger partial charge on any atom is 0.248 e. The van der Waals surface area contributed by atoms with Crippen LogP contribution in [-0.2, 0) is 35.4 Å². The third-order valence-electron chi connectivity index (χ3n) is 9.50. The monoisotopic (exact) mass is 595 g/mol. The Morgan fingerprint density at radius 1 is 1.02 bits per heavy atom. The molecule has 7 rings (SSSR count). The van der Waals surface area contributed by atoms with Gasteiger partial charge in [-0.05, 0) is 79.5 Å². The zero-order chi connectivity index (χ0) is 29.5. The van der Waals surface area contributed by atoms with Crippen molar-refractivity contribution in [1.82, 2.24) is 5.32 Å². The first kappa shape index (κ1) is 29.5. The maximum absolute atomic E-state index is 12.9. The number of nitrogens with one attached hydrogen (secondary N) is 1. The second kappa shape index (κ2) is 11.8. The van der Waals surface area contributed by atoms with Crippen LogP contribution in [0.2, 0.25) is 5.02 Å². The molecule has 8 nitrogen and oxygen atoms in total. The number of hydrogen-bond donors (Lipinski definition) is 1. The van der Waals surface area contributed by atoms with Gasteiger partial charge in [-0.15, -0.1) is 0 Å². The van der Waals surface area contributed by atoms with Crippen LogP contribution < -0.4 is 5.32 Å². The Bertz CT molecular complexity index is 1330. The SMILES string of the molecule is C[C@H]1[C@@H](NC(=O)COCc2ccc(/C=C/C(=O)c3ccc(Cl)cc3)cc2)O[C@@H]2O[C@@]3(C)CC[C@H]4[C@H](C)CC[C@@H]1[C@@]24OO3. The molecule has 1 spiro atoms. The average molecular weight is 596 g/mol. The van der Waals surface area contributed by atoms with E-state index >= 15 is 0 Å². The second-order valence-electron chi connectivity index (χ2n) is 12.3. The van der Waals surface area contributed by atoms with Crippen molar-refractivity contribution in [1.29, 1.82) is 0 Å². The van der Waals surface area contributed by atoms with Crippen LogP contribution >= 0.6 is 11.6 Å². The molecule has 5 fully saturated rings. The number of halogens is 1. The first-order chi connectivity index (χ1) is 20.2. The van der Waals surface area contributed by atoms with Crippen molar-refractivity contribution in [3.8, 4) is 0 Å². The van der Waals surface area contributed by atoms with Crippen LogP contribution in [0, 0.1) is 23.7 Å². The molecule has 0 unspecified atom stereocenters. The number of ketones is 1. The summed E-state index contributed by atoms with van der Waals surface area (Å²) >= 11 is 5.89. The zero-order valence-electron chi connectivity index (χ0n) is 24.2. The van der Waals surface area contributed by atoms with Crippen molar-refractivity contribution in [2.45, 2.75) is 77.0 Å². The average Bonchev–Trinajstić information content (AvgIpc) is 3.21. The molecule has 9 heteroatoms. The number of amides is 1. The van der Waals surface area contributed by atoms with E-state index in [0.717, 1.165) is 36.8 Å². The quantitative estimate of drug-likeness (QED) is 0.225. The third-order valence-corrected chi connectivity index (χ3v) is 9.75. The predicted octanol–water partition coefficient (Wildman–Crippen LogP) is 6.08. The Morgan fingerprint density at radius 2 is 1.79 bits per heavy atom. The lowest BCUT2D eigenvalue weighted by Crippen LogP contribution is -2.72. The lowest BCUT2D eigenvalue weighted by molar-refractivity contribution is -0.571. The van der Waals surface area contributed by atoms with E-state index in [1.165, 1.54) is 6.08 Å². The molecule has 1 amide bonds. The number of fused-ring (bicyclic) bond motifs is 2. The van der Waals surface area contributed by atoms with Gasteiger partial charge in [0, 0.05) is 28.8 Å². The van der Waals surface area contributed by atoms with E-state index in [1.54, 1.807) is 30.3 Å². The third kappa shape index (κ3) is 5.68. The fraction of sp³-hybridized carbons (Fsp3) is 0.515. The van der Waals surface area contributed by atoms with E-state index in [4.69, 9.17) is 35.6 Å². The van der Waals surface area contributed by atoms with Crippen LogP contribution in [0.4, 0.5) is 0 Å². The molecule has 2 bridgehead atoms. The van der Waals surface area contributed by atoms with Gasteiger partial charge in [0.2, 0.25) is 11.7 Å². The summed E-state index contributed by atoms with van der Waals surface area (Å²) in [5.41, 5.74) is 1.73. The summed E-state index contributed by atoms with van der Waals surface area (Å²) in [5.74, 6) is -0.281. The molecule has 1 aliphatic carbocycles. The number of benzene rings is 2. The number of carbonyl (C=O) groups excluding carboxylic acids is 2. The van der Waals surface area contributed by atoms with Crippen LogP contribution in [0.25, 0.3) is 6.08 Å². The lowest BCUT2D eigenvalue weighted by atomic mass is 9.58. The van der Waals surface area contributed by atoms with Gasteiger partial charge >= 0.3 is 0 Å². The molecule has 2 aromatic rings. The lowest BCUT2D eigenvalue weighted by Gasteiger charge is -2.60. The number of carbonyl (C=O) groups is 2. The number of rotatable bonds is 8. The molecule has 224 valence electrons. The molecule has 0 aromatic heterocycles. The summed E-state index contributed by atoms with van der Waals surface area (Å²) in [6.45, 7) is 6.46. The van der Waals surface area contributed by atoms with Crippen molar-refractivity contribution < 1.29 is 33.6 Å². The van der Waals surface area contributed by atoms with Gasteiger partial charge in [-0.25, -0.2) is 9.78 Å². The minimum atomic E-state index is -0.854. The van der Waals surface area contributed by atoms with Gasteiger partial charge in [0.25, 0.3) is 0 Å². The normalized spacial score (nSPS) is 35.4. The summed E-state index contributed by atoms with van der Waals surface area (Å²) < 4.78 is 18.5.